The zero-order valence-corrected chi connectivity index (χ0v) is 14.1. The van der Waals surface area contributed by atoms with Gasteiger partial charge in [0, 0.05) is 35.7 Å². The lowest BCUT2D eigenvalue weighted by Crippen LogP contribution is -2.42. The fourth-order valence-corrected chi connectivity index (χ4v) is 3.89. The Balaban J connectivity index is 1.92. The molecule has 20 heavy (non-hydrogen) atoms. The molecule has 1 N–H and O–H groups in total. The highest BCUT2D eigenvalue weighted by Gasteiger charge is 2.27. The van der Waals surface area contributed by atoms with Crippen molar-refractivity contribution < 1.29 is 4.42 Å². The first-order valence-corrected chi connectivity index (χ1v) is 8.64. The topological polar surface area (TPSA) is 28.4 Å². The predicted molar refractivity (Wildman–Crippen MR) is 87.3 cm³/mol. The van der Waals surface area contributed by atoms with Gasteiger partial charge in [0.1, 0.15) is 11.5 Å². The first-order valence-electron chi connectivity index (χ1n) is 7.65. The second-order valence-corrected chi connectivity index (χ2v) is 8.09. The first-order chi connectivity index (χ1) is 9.50. The maximum Gasteiger partial charge on any atom is 0.118 e. The molecule has 1 aliphatic rings. The Morgan fingerprint density at radius 3 is 2.95 bits per heavy atom. The molecule has 0 amide bonds. The van der Waals surface area contributed by atoms with Gasteiger partial charge in [-0.1, -0.05) is 6.92 Å². The number of aryl methyl sites for hydroxylation is 1. The third-order valence-corrected chi connectivity index (χ3v) is 4.99. The van der Waals surface area contributed by atoms with Gasteiger partial charge in [0.05, 0.1) is 6.54 Å². The molecular weight excluding hydrogens is 268 g/mol. The van der Waals surface area contributed by atoms with Gasteiger partial charge >= 0.3 is 0 Å². The third-order valence-electron chi connectivity index (χ3n) is 3.70. The van der Waals surface area contributed by atoms with Crippen LogP contribution in [0.5, 0.6) is 0 Å². The summed E-state index contributed by atoms with van der Waals surface area (Å²) in [6.07, 6.45) is 1.16. The number of hydrogen-bond acceptors (Lipinski definition) is 4. The summed E-state index contributed by atoms with van der Waals surface area (Å²) < 4.78 is 6.24. The molecule has 2 heterocycles. The summed E-state index contributed by atoms with van der Waals surface area (Å²) in [6, 6.07) is 2.23. The van der Waals surface area contributed by atoms with E-state index in [2.05, 4.69) is 55.7 Å². The standard InChI is InChI=1S/C16H28N2OS/c1-5-6-17-10-15-9-14(13(2)19-15)11-18-7-8-20-16(3,4)12-18/h9,17H,5-8,10-12H2,1-4H3. The summed E-state index contributed by atoms with van der Waals surface area (Å²) >= 11 is 2.08. The number of hydrogen-bond donors (Lipinski definition) is 1. The molecule has 0 atom stereocenters. The Hall–Kier alpha value is -0.450. The second-order valence-electron chi connectivity index (χ2n) is 6.29. The average molecular weight is 296 g/mol. The third kappa shape index (κ3) is 4.54. The van der Waals surface area contributed by atoms with Crippen molar-refractivity contribution in [1.82, 2.24) is 10.2 Å². The Morgan fingerprint density at radius 2 is 2.25 bits per heavy atom. The molecule has 1 saturated heterocycles. The molecule has 4 heteroatoms. The minimum absolute atomic E-state index is 0.376. The van der Waals surface area contributed by atoms with Crippen molar-refractivity contribution in [2.45, 2.75) is 52.0 Å². The van der Waals surface area contributed by atoms with Crippen LogP contribution in [0.1, 0.15) is 44.3 Å². The van der Waals surface area contributed by atoms with Gasteiger partial charge in [-0.05, 0) is 39.8 Å². The van der Waals surface area contributed by atoms with Crippen molar-refractivity contribution in [1.29, 1.82) is 0 Å². The van der Waals surface area contributed by atoms with Crippen LogP contribution in [0.25, 0.3) is 0 Å². The lowest BCUT2D eigenvalue weighted by atomic mass is 10.1. The number of furan rings is 1. The molecule has 2 rings (SSSR count). The summed E-state index contributed by atoms with van der Waals surface area (Å²) in [6.45, 7) is 14.2. The van der Waals surface area contributed by atoms with Crippen molar-refractivity contribution >= 4 is 11.8 Å². The average Bonchev–Trinajstić information content (AvgIpc) is 2.69. The van der Waals surface area contributed by atoms with Gasteiger partial charge in [-0.25, -0.2) is 0 Å². The quantitative estimate of drug-likeness (QED) is 0.814. The Kier molecular flexibility index (Phi) is 5.58. The summed E-state index contributed by atoms with van der Waals surface area (Å²) in [5.41, 5.74) is 1.35. The van der Waals surface area contributed by atoms with Crippen LogP contribution in [0.4, 0.5) is 0 Å². The van der Waals surface area contributed by atoms with Crippen molar-refractivity contribution in [3.05, 3.63) is 23.2 Å². The maximum atomic E-state index is 5.86. The van der Waals surface area contributed by atoms with E-state index in [1.165, 1.54) is 17.9 Å². The van der Waals surface area contributed by atoms with Crippen LogP contribution >= 0.6 is 11.8 Å². The van der Waals surface area contributed by atoms with E-state index in [1.54, 1.807) is 0 Å². The van der Waals surface area contributed by atoms with Crippen LogP contribution in [0, 0.1) is 6.92 Å². The molecule has 0 saturated carbocycles. The van der Waals surface area contributed by atoms with E-state index in [1.807, 2.05) is 0 Å². The summed E-state index contributed by atoms with van der Waals surface area (Å²) in [5, 5.41) is 3.40. The zero-order chi connectivity index (χ0) is 14.6. The molecular formula is C16H28N2OS. The fraction of sp³-hybridized carbons (Fsp3) is 0.750. The van der Waals surface area contributed by atoms with Gasteiger partial charge in [0.15, 0.2) is 0 Å². The summed E-state index contributed by atoms with van der Waals surface area (Å²) in [4.78, 5) is 2.55. The normalized spacial score (nSPS) is 19.4. The maximum absolute atomic E-state index is 5.86. The Morgan fingerprint density at radius 1 is 1.45 bits per heavy atom. The van der Waals surface area contributed by atoms with E-state index < -0.39 is 0 Å². The van der Waals surface area contributed by atoms with Crippen LogP contribution in [-0.2, 0) is 13.1 Å². The van der Waals surface area contributed by atoms with Crippen molar-refractivity contribution in [2.24, 2.45) is 0 Å². The predicted octanol–water partition coefficient (Wildman–Crippen LogP) is 3.42. The number of nitrogens with one attached hydrogen (secondary N) is 1. The minimum Gasteiger partial charge on any atom is -0.465 e. The second kappa shape index (κ2) is 7.01. The van der Waals surface area contributed by atoms with E-state index in [-0.39, 0.29) is 0 Å². The molecule has 114 valence electrons. The summed E-state index contributed by atoms with van der Waals surface area (Å²) in [5.74, 6) is 3.38. The molecule has 0 bridgehead atoms. The van der Waals surface area contributed by atoms with Crippen molar-refractivity contribution in [3.8, 4) is 0 Å². The highest BCUT2D eigenvalue weighted by atomic mass is 32.2. The monoisotopic (exact) mass is 296 g/mol. The zero-order valence-electron chi connectivity index (χ0n) is 13.3. The van der Waals surface area contributed by atoms with E-state index >= 15 is 0 Å². The van der Waals surface area contributed by atoms with Crippen molar-refractivity contribution in [3.63, 3.8) is 0 Å². The molecule has 0 unspecified atom stereocenters. The first kappa shape index (κ1) is 15.9. The van der Waals surface area contributed by atoms with Crippen LogP contribution in [0.15, 0.2) is 10.5 Å². The molecule has 1 fully saturated rings. The van der Waals surface area contributed by atoms with Gasteiger partial charge in [-0.2, -0.15) is 11.8 Å². The highest BCUT2D eigenvalue weighted by Crippen LogP contribution is 2.30. The molecule has 0 aromatic carbocycles. The van der Waals surface area contributed by atoms with E-state index in [0.717, 1.165) is 44.1 Å². The van der Waals surface area contributed by atoms with Crippen LogP contribution < -0.4 is 5.32 Å². The van der Waals surface area contributed by atoms with E-state index in [0.29, 0.717) is 4.75 Å². The molecule has 0 radical (unpaired) electrons. The van der Waals surface area contributed by atoms with Crippen molar-refractivity contribution in [2.75, 3.05) is 25.4 Å². The summed E-state index contributed by atoms with van der Waals surface area (Å²) in [7, 11) is 0. The molecule has 1 aromatic heterocycles. The largest absolute Gasteiger partial charge is 0.465 e. The Labute approximate surface area is 127 Å². The van der Waals surface area contributed by atoms with Gasteiger partial charge < -0.3 is 9.73 Å². The Bertz CT molecular complexity index is 428. The van der Waals surface area contributed by atoms with Crippen LogP contribution in [0.3, 0.4) is 0 Å². The van der Waals surface area contributed by atoms with Gasteiger partial charge in [-0.15, -0.1) is 0 Å². The van der Waals surface area contributed by atoms with Gasteiger partial charge in [-0.3, -0.25) is 4.90 Å². The lowest BCUT2D eigenvalue weighted by molar-refractivity contribution is 0.251. The molecule has 0 spiro atoms. The van der Waals surface area contributed by atoms with Gasteiger partial charge in [0.2, 0.25) is 0 Å². The number of nitrogens with zero attached hydrogens (tertiary/aromatic N) is 1. The smallest absolute Gasteiger partial charge is 0.118 e. The van der Waals surface area contributed by atoms with Crippen LogP contribution in [0.2, 0.25) is 0 Å². The fourth-order valence-electron chi connectivity index (χ4n) is 2.71. The lowest BCUT2D eigenvalue weighted by Gasteiger charge is -2.37. The van der Waals surface area contributed by atoms with E-state index in [9.17, 15) is 0 Å². The molecule has 3 nitrogen and oxygen atoms in total. The number of thioether (sulfide) groups is 1. The minimum atomic E-state index is 0.376. The molecule has 1 aliphatic heterocycles. The number of rotatable bonds is 6. The molecule has 1 aromatic rings. The molecule has 0 aliphatic carbocycles. The van der Waals surface area contributed by atoms with E-state index in [4.69, 9.17) is 4.42 Å². The SMILES string of the molecule is CCCNCc1cc(CN2CCSC(C)(C)C2)c(C)o1. The van der Waals surface area contributed by atoms with Crippen LogP contribution in [-0.4, -0.2) is 35.0 Å². The highest BCUT2D eigenvalue weighted by molar-refractivity contribution is 8.00. The van der Waals surface area contributed by atoms with Gasteiger partial charge in [0.25, 0.3) is 0 Å².